The number of aryl methyl sites for hydroxylation is 3. The Morgan fingerprint density at radius 2 is 1.71 bits per heavy atom. The van der Waals surface area contributed by atoms with Crippen LogP contribution in [-0.4, -0.2) is 21.3 Å². The molecule has 1 amide bonds. The Labute approximate surface area is 141 Å². The minimum atomic E-state index is -0.229. The van der Waals surface area contributed by atoms with Crippen molar-refractivity contribution >= 4 is 12.1 Å². The molecule has 1 N–H and O–H groups in total. The second-order valence-electron chi connectivity index (χ2n) is 5.74. The molecule has 0 atom stereocenters. The van der Waals surface area contributed by atoms with Crippen LogP contribution in [-0.2, 0) is 7.05 Å². The summed E-state index contributed by atoms with van der Waals surface area (Å²) in [5.74, 6) is -0.229. The summed E-state index contributed by atoms with van der Waals surface area (Å²) >= 11 is 0. The maximum absolute atomic E-state index is 12.2. The molecule has 1 aromatic carbocycles. The minimum Gasteiger partial charge on any atom is -0.350 e. The molecule has 0 aliphatic heterocycles. The molecule has 5 nitrogen and oxygen atoms in total. The van der Waals surface area contributed by atoms with E-state index in [4.69, 9.17) is 0 Å². The zero-order valence-corrected chi connectivity index (χ0v) is 14.0. The maximum atomic E-state index is 12.2. The van der Waals surface area contributed by atoms with E-state index in [9.17, 15) is 4.79 Å². The highest BCUT2D eigenvalue weighted by atomic mass is 16.2. The van der Waals surface area contributed by atoms with Crippen LogP contribution in [0.15, 0.2) is 59.8 Å². The van der Waals surface area contributed by atoms with Crippen molar-refractivity contribution in [2.75, 3.05) is 0 Å². The molecule has 3 aromatic rings. The highest BCUT2D eigenvalue weighted by molar-refractivity contribution is 5.94. The Balaban J connectivity index is 1.70. The molecule has 0 saturated heterocycles. The van der Waals surface area contributed by atoms with E-state index in [1.165, 1.54) is 0 Å². The third-order valence-corrected chi connectivity index (χ3v) is 4.01. The lowest BCUT2D eigenvalue weighted by Crippen LogP contribution is -2.17. The molecule has 24 heavy (non-hydrogen) atoms. The Hall–Kier alpha value is -3.08. The summed E-state index contributed by atoms with van der Waals surface area (Å²) in [6, 6.07) is 15.5. The average molecular weight is 320 g/mol. The Kier molecular flexibility index (Phi) is 4.33. The van der Waals surface area contributed by atoms with E-state index in [1.807, 2.05) is 54.2 Å². The van der Waals surface area contributed by atoms with Crippen LogP contribution in [0.4, 0.5) is 0 Å². The van der Waals surface area contributed by atoms with Crippen LogP contribution in [0.2, 0.25) is 0 Å². The fourth-order valence-corrected chi connectivity index (χ4v) is 2.67. The second-order valence-corrected chi connectivity index (χ2v) is 5.74. The molecule has 0 radical (unpaired) electrons. The number of carbonyl (C=O) groups excluding carboxylic acids is 1. The van der Waals surface area contributed by atoms with Crippen LogP contribution in [0.25, 0.3) is 5.69 Å². The van der Waals surface area contributed by atoms with Crippen LogP contribution in [0.1, 0.15) is 27.4 Å². The normalized spacial score (nSPS) is 11.1. The van der Waals surface area contributed by atoms with Gasteiger partial charge in [0.15, 0.2) is 0 Å². The van der Waals surface area contributed by atoms with Gasteiger partial charge in [0, 0.05) is 35.9 Å². The number of nitrogens with one attached hydrogen (secondary N) is 1. The number of carbonyl (C=O) groups is 1. The van der Waals surface area contributed by atoms with Gasteiger partial charge in [-0.2, -0.15) is 5.10 Å². The van der Waals surface area contributed by atoms with Gasteiger partial charge < -0.3 is 9.13 Å². The Morgan fingerprint density at radius 1 is 1.04 bits per heavy atom. The van der Waals surface area contributed by atoms with Crippen molar-refractivity contribution in [1.29, 1.82) is 0 Å². The lowest BCUT2D eigenvalue weighted by Gasteiger charge is -2.10. The van der Waals surface area contributed by atoms with Gasteiger partial charge in [0.2, 0.25) is 0 Å². The molecular formula is C19H20N4O. The minimum absolute atomic E-state index is 0.229. The standard InChI is InChI=1S/C19H20N4O/c1-14-6-7-15(2)23(14)17-10-8-16(9-11-17)19(24)21-20-13-18-5-4-12-22(18)3/h4-13H,1-3H3,(H,21,24)/b20-13-. The van der Waals surface area contributed by atoms with Crippen molar-refractivity contribution < 1.29 is 4.79 Å². The number of amides is 1. The molecule has 0 bridgehead atoms. The molecule has 3 rings (SSSR count). The summed E-state index contributed by atoms with van der Waals surface area (Å²) < 4.78 is 4.07. The molecular weight excluding hydrogens is 300 g/mol. The monoisotopic (exact) mass is 320 g/mol. The molecule has 0 unspecified atom stereocenters. The summed E-state index contributed by atoms with van der Waals surface area (Å²) in [5, 5.41) is 4.00. The first kappa shape index (κ1) is 15.8. The Morgan fingerprint density at radius 3 is 2.29 bits per heavy atom. The van der Waals surface area contributed by atoms with E-state index < -0.39 is 0 Å². The first-order valence-electron chi connectivity index (χ1n) is 7.76. The summed E-state index contributed by atoms with van der Waals surface area (Å²) in [6.07, 6.45) is 3.55. The molecule has 2 aromatic heterocycles. The third-order valence-electron chi connectivity index (χ3n) is 4.01. The van der Waals surface area contributed by atoms with Crippen molar-refractivity contribution in [1.82, 2.24) is 14.6 Å². The second kappa shape index (κ2) is 6.58. The lowest BCUT2D eigenvalue weighted by atomic mass is 10.2. The Bertz CT molecular complexity index is 865. The molecule has 5 heteroatoms. The van der Waals surface area contributed by atoms with Gasteiger partial charge in [-0.3, -0.25) is 4.79 Å². The van der Waals surface area contributed by atoms with Gasteiger partial charge in [-0.25, -0.2) is 5.43 Å². The zero-order chi connectivity index (χ0) is 17.1. The molecule has 0 saturated carbocycles. The number of nitrogens with zero attached hydrogens (tertiary/aromatic N) is 3. The summed E-state index contributed by atoms with van der Waals surface area (Å²) in [5.41, 5.74) is 7.41. The van der Waals surface area contributed by atoms with Crippen LogP contribution in [0.5, 0.6) is 0 Å². The van der Waals surface area contributed by atoms with Crippen molar-refractivity contribution in [3.63, 3.8) is 0 Å². The predicted molar refractivity (Wildman–Crippen MR) is 95.7 cm³/mol. The van der Waals surface area contributed by atoms with E-state index in [0.29, 0.717) is 5.56 Å². The number of hydrogen-bond acceptors (Lipinski definition) is 2. The number of benzene rings is 1. The first-order chi connectivity index (χ1) is 11.6. The van der Waals surface area contributed by atoms with E-state index in [0.717, 1.165) is 22.8 Å². The van der Waals surface area contributed by atoms with Crippen LogP contribution < -0.4 is 5.43 Å². The number of hydrogen-bond donors (Lipinski definition) is 1. The number of aromatic nitrogens is 2. The van der Waals surface area contributed by atoms with E-state index in [-0.39, 0.29) is 5.91 Å². The van der Waals surface area contributed by atoms with E-state index >= 15 is 0 Å². The highest BCUT2D eigenvalue weighted by Gasteiger charge is 2.07. The molecule has 2 heterocycles. The van der Waals surface area contributed by atoms with Gasteiger partial charge in [-0.05, 0) is 62.4 Å². The first-order valence-corrected chi connectivity index (χ1v) is 7.76. The zero-order valence-electron chi connectivity index (χ0n) is 14.0. The summed E-state index contributed by atoms with van der Waals surface area (Å²) in [4.78, 5) is 12.2. The molecule has 0 spiro atoms. The fourth-order valence-electron chi connectivity index (χ4n) is 2.67. The van der Waals surface area contributed by atoms with Gasteiger partial charge in [0.05, 0.1) is 11.9 Å². The van der Waals surface area contributed by atoms with Crippen molar-refractivity contribution in [3.05, 3.63) is 77.4 Å². The quantitative estimate of drug-likeness (QED) is 0.582. The maximum Gasteiger partial charge on any atom is 0.271 e. The topological polar surface area (TPSA) is 51.3 Å². The van der Waals surface area contributed by atoms with Crippen LogP contribution >= 0.6 is 0 Å². The highest BCUT2D eigenvalue weighted by Crippen LogP contribution is 2.16. The third kappa shape index (κ3) is 3.15. The van der Waals surface area contributed by atoms with Crippen molar-refractivity contribution in [2.45, 2.75) is 13.8 Å². The van der Waals surface area contributed by atoms with Crippen molar-refractivity contribution in [3.8, 4) is 5.69 Å². The fraction of sp³-hybridized carbons (Fsp3) is 0.158. The van der Waals surface area contributed by atoms with E-state index in [2.05, 4.69) is 41.1 Å². The SMILES string of the molecule is Cc1ccc(C)n1-c1ccc(C(=O)N/N=C\c2cccn2C)cc1. The van der Waals surface area contributed by atoms with Gasteiger partial charge in [-0.15, -0.1) is 0 Å². The van der Waals surface area contributed by atoms with Crippen molar-refractivity contribution in [2.24, 2.45) is 12.1 Å². The van der Waals surface area contributed by atoms with Crippen LogP contribution in [0, 0.1) is 13.8 Å². The number of rotatable bonds is 4. The van der Waals surface area contributed by atoms with E-state index in [1.54, 1.807) is 6.21 Å². The summed E-state index contributed by atoms with van der Waals surface area (Å²) in [7, 11) is 1.92. The predicted octanol–water partition coefficient (Wildman–Crippen LogP) is 3.20. The molecule has 122 valence electrons. The smallest absolute Gasteiger partial charge is 0.271 e. The molecule has 0 fully saturated rings. The van der Waals surface area contributed by atoms with Gasteiger partial charge >= 0.3 is 0 Å². The molecule has 0 aliphatic rings. The van der Waals surface area contributed by atoms with Gasteiger partial charge in [0.1, 0.15) is 0 Å². The lowest BCUT2D eigenvalue weighted by molar-refractivity contribution is 0.0955. The molecule has 0 aliphatic carbocycles. The summed E-state index contributed by atoms with van der Waals surface area (Å²) in [6.45, 7) is 4.12. The average Bonchev–Trinajstić information content (AvgIpc) is 3.13. The van der Waals surface area contributed by atoms with Crippen LogP contribution in [0.3, 0.4) is 0 Å². The van der Waals surface area contributed by atoms with Gasteiger partial charge in [-0.1, -0.05) is 0 Å². The number of hydrazone groups is 1. The largest absolute Gasteiger partial charge is 0.350 e. The van der Waals surface area contributed by atoms with Gasteiger partial charge in [0.25, 0.3) is 5.91 Å².